The minimum atomic E-state index is -0.890. The maximum Gasteiger partial charge on any atom is 0.326 e. The Bertz CT molecular complexity index is 226. The van der Waals surface area contributed by atoms with Gasteiger partial charge in [-0.05, 0) is 18.3 Å². The lowest BCUT2D eigenvalue weighted by Gasteiger charge is -2.39. The van der Waals surface area contributed by atoms with E-state index < -0.39 is 12.0 Å². The molecule has 3 atom stereocenters. The molecule has 1 amide bonds. The summed E-state index contributed by atoms with van der Waals surface area (Å²) in [7, 11) is 0. The molecule has 0 bridgehead atoms. The van der Waals surface area contributed by atoms with E-state index in [2.05, 4.69) is 6.92 Å². The average Bonchev–Trinajstić information content (AvgIpc) is 2.08. The molecule has 0 aromatic heterocycles. The number of amides is 1. The van der Waals surface area contributed by atoms with Crippen molar-refractivity contribution in [2.75, 3.05) is 6.54 Å². The molecule has 14 heavy (non-hydrogen) atoms. The fourth-order valence-corrected chi connectivity index (χ4v) is 1.91. The molecule has 0 aromatic rings. The van der Waals surface area contributed by atoms with Crippen LogP contribution in [0.3, 0.4) is 0 Å². The summed E-state index contributed by atoms with van der Waals surface area (Å²) in [5, 5.41) is 8.97. The molecular weight excluding hydrogens is 182 g/mol. The fourth-order valence-electron chi connectivity index (χ4n) is 1.91. The topological polar surface area (TPSA) is 57.6 Å². The highest BCUT2D eigenvalue weighted by atomic mass is 16.4. The number of carbonyl (C=O) groups is 2. The lowest BCUT2D eigenvalue weighted by molar-refractivity contribution is -0.153. The third-order valence-corrected chi connectivity index (χ3v) is 3.12. The van der Waals surface area contributed by atoms with Crippen LogP contribution in [0.5, 0.6) is 0 Å². The van der Waals surface area contributed by atoms with Crippen molar-refractivity contribution in [2.45, 2.75) is 33.2 Å². The summed E-state index contributed by atoms with van der Waals surface area (Å²) in [6, 6.07) is -0.626. The molecule has 0 radical (unpaired) electrons. The van der Waals surface area contributed by atoms with Crippen molar-refractivity contribution in [1.29, 1.82) is 0 Å². The Labute approximate surface area is 83.9 Å². The highest BCUT2D eigenvalue weighted by Gasteiger charge is 2.36. The monoisotopic (exact) mass is 199 g/mol. The molecule has 1 heterocycles. The molecule has 1 N–H and O–H groups in total. The zero-order valence-corrected chi connectivity index (χ0v) is 8.86. The fraction of sp³-hybridized carbons (Fsp3) is 0.800. The summed E-state index contributed by atoms with van der Waals surface area (Å²) >= 11 is 0. The highest BCUT2D eigenvalue weighted by molar-refractivity contribution is 5.82. The molecule has 80 valence electrons. The van der Waals surface area contributed by atoms with Gasteiger partial charge in [-0.15, -0.1) is 0 Å². The first-order valence-corrected chi connectivity index (χ1v) is 4.93. The minimum Gasteiger partial charge on any atom is -0.480 e. The number of aliphatic carboxylic acids is 1. The Morgan fingerprint density at radius 3 is 2.29 bits per heavy atom. The quantitative estimate of drug-likeness (QED) is 0.684. The molecule has 4 nitrogen and oxygen atoms in total. The zero-order chi connectivity index (χ0) is 10.9. The molecule has 1 fully saturated rings. The summed E-state index contributed by atoms with van der Waals surface area (Å²) in [5.41, 5.74) is 0. The van der Waals surface area contributed by atoms with Crippen molar-refractivity contribution in [3.8, 4) is 0 Å². The second-order valence-electron chi connectivity index (χ2n) is 4.22. The van der Waals surface area contributed by atoms with Crippen LogP contribution in [0.15, 0.2) is 0 Å². The van der Waals surface area contributed by atoms with E-state index in [-0.39, 0.29) is 5.91 Å². The van der Waals surface area contributed by atoms with Crippen LogP contribution in [0.25, 0.3) is 0 Å². The number of likely N-dealkylation sites (tertiary alicyclic amines) is 1. The largest absolute Gasteiger partial charge is 0.480 e. The van der Waals surface area contributed by atoms with Crippen molar-refractivity contribution in [2.24, 2.45) is 11.8 Å². The number of piperidine rings is 1. The van der Waals surface area contributed by atoms with Crippen molar-refractivity contribution in [3.05, 3.63) is 0 Å². The van der Waals surface area contributed by atoms with Gasteiger partial charge in [-0.25, -0.2) is 4.79 Å². The van der Waals surface area contributed by atoms with Crippen LogP contribution < -0.4 is 0 Å². The summed E-state index contributed by atoms with van der Waals surface area (Å²) in [5.74, 6) is -0.281. The van der Waals surface area contributed by atoms with E-state index in [1.165, 1.54) is 11.8 Å². The minimum absolute atomic E-state index is 0.142. The van der Waals surface area contributed by atoms with Crippen molar-refractivity contribution >= 4 is 11.9 Å². The summed E-state index contributed by atoms with van der Waals surface area (Å²) in [6.45, 7) is 6.09. The predicted octanol–water partition coefficient (Wildman–Crippen LogP) is 0.964. The van der Waals surface area contributed by atoms with E-state index in [1.807, 2.05) is 6.92 Å². The smallest absolute Gasteiger partial charge is 0.326 e. The maximum atomic E-state index is 11.2. The van der Waals surface area contributed by atoms with E-state index >= 15 is 0 Å². The van der Waals surface area contributed by atoms with Gasteiger partial charge < -0.3 is 10.0 Å². The Hall–Kier alpha value is -1.06. The molecule has 0 aromatic carbocycles. The Morgan fingerprint density at radius 2 is 1.86 bits per heavy atom. The Balaban J connectivity index is 2.80. The van der Waals surface area contributed by atoms with Crippen LogP contribution in [0, 0.1) is 11.8 Å². The van der Waals surface area contributed by atoms with E-state index in [0.29, 0.717) is 24.8 Å². The van der Waals surface area contributed by atoms with E-state index in [1.54, 1.807) is 0 Å². The van der Waals surface area contributed by atoms with Gasteiger partial charge in [0.1, 0.15) is 6.04 Å². The first-order valence-electron chi connectivity index (χ1n) is 4.93. The third-order valence-electron chi connectivity index (χ3n) is 3.12. The number of carboxylic acid groups (broad SMARTS) is 1. The molecule has 1 saturated heterocycles. The van der Waals surface area contributed by atoms with Gasteiger partial charge in [-0.3, -0.25) is 4.79 Å². The van der Waals surface area contributed by atoms with E-state index in [0.717, 1.165) is 0 Å². The van der Waals surface area contributed by atoms with Crippen molar-refractivity contribution < 1.29 is 14.7 Å². The van der Waals surface area contributed by atoms with Gasteiger partial charge in [-0.1, -0.05) is 13.8 Å². The average molecular weight is 199 g/mol. The van der Waals surface area contributed by atoms with Crippen LogP contribution >= 0.6 is 0 Å². The lowest BCUT2D eigenvalue weighted by atomic mass is 9.84. The molecular formula is C10H17NO3. The molecule has 1 rings (SSSR count). The van der Waals surface area contributed by atoms with Crippen molar-refractivity contribution in [1.82, 2.24) is 4.90 Å². The van der Waals surface area contributed by atoms with Crippen LogP contribution in [0.4, 0.5) is 0 Å². The van der Waals surface area contributed by atoms with E-state index in [4.69, 9.17) is 5.11 Å². The molecule has 0 spiro atoms. The first-order chi connectivity index (χ1) is 6.43. The zero-order valence-electron chi connectivity index (χ0n) is 8.86. The van der Waals surface area contributed by atoms with Crippen LogP contribution in [-0.2, 0) is 9.59 Å². The number of carbonyl (C=O) groups excluding carboxylic acids is 1. The molecule has 1 aliphatic rings. The normalized spacial score (nSPS) is 32.8. The second kappa shape index (κ2) is 3.98. The summed E-state index contributed by atoms with van der Waals surface area (Å²) < 4.78 is 0. The van der Waals surface area contributed by atoms with Crippen LogP contribution in [0.2, 0.25) is 0 Å². The standard InChI is InChI=1S/C10H17NO3/c1-6-4-9(10(13)14)11(8(3)12)5-7(6)2/h6-7,9H,4-5H2,1-3H3,(H,13,14)/t6-,7+,9-/m1/s1. The van der Waals surface area contributed by atoms with Crippen molar-refractivity contribution in [3.63, 3.8) is 0 Å². The second-order valence-corrected chi connectivity index (χ2v) is 4.22. The van der Waals surface area contributed by atoms with Gasteiger partial charge >= 0.3 is 5.97 Å². The maximum absolute atomic E-state index is 11.2. The number of rotatable bonds is 1. The predicted molar refractivity (Wildman–Crippen MR) is 51.8 cm³/mol. The van der Waals surface area contributed by atoms with Gasteiger partial charge in [0.05, 0.1) is 0 Å². The van der Waals surface area contributed by atoms with Gasteiger partial charge in [0.15, 0.2) is 0 Å². The number of carboxylic acids is 1. The van der Waals surface area contributed by atoms with Gasteiger partial charge in [0.25, 0.3) is 0 Å². The Morgan fingerprint density at radius 1 is 1.29 bits per heavy atom. The number of hydrogen-bond acceptors (Lipinski definition) is 2. The van der Waals surface area contributed by atoms with Crippen LogP contribution in [-0.4, -0.2) is 34.5 Å². The van der Waals surface area contributed by atoms with Gasteiger partial charge in [0.2, 0.25) is 5.91 Å². The molecule has 1 aliphatic heterocycles. The highest BCUT2D eigenvalue weighted by Crippen LogP contribution is 2.27. The van der Waals surface area contributed by atoms with E-state index in [9.17, 15) is 9.59 Å². The number of nitrogens with zero attached hydrogens (tertiary/aromatic N) is 1. The molecule has 4 heteroatoms. The molecule has 0 saturated carbocycles. The molecule has 0 unspecified atom stereocenters. The number of hydrogen-bond donors (Lipinski definition) is 1. The summed E-state index contributed by atoms with van der Waals surface area (Å²) in [4.78, 5) is 23.6. The molecule has 0 aliphatic carbocycles. The lowest BCUT2D eigenvalue weighted by Crippen LogP contribution is -2.51. The van der Waals surface area contributed by atoms with Crippen LogP contribution in [0.1, 0.15) is 27.2 Å². The third kappa shape index (κ3) is 2.05. The Kier molecular flexibility index (Phi) is 3.13. The van der Waals surface area contributed by atoms with Gasteiger partial charge in [-0.2, -0.15) is 0 Å². The first kappa shape index (κ1) is 11.0. The SMILES string of the molecule is CC(=O)N1C[C@H](C)[C@H](C)C[C@@H]1C(=O)O. The summed E-state index contributed by atoms with van der Waals surface area (Å²) in [6.07, 6.45) is 0.566. The van der Waals surface area contributed by atoms with Gasteiger partial charge in [0, 0.05) is 13.5 Å².